The molecular formula is C29H39FN3O5P. The Hall–Kier alpha value is -3.29. The molecular weight excluding hydrogens is 520 g/mol. The van der Waals surface area contributed by atoms with Crippen molar-refractivity contribution in [2.75, 3.05) is 24.6 Å². The summed E-state index contributed by atoms with van der Waals surface area (Å²) in [5, 5.41) is -0.612. The first kappa shape index (κ1) is 31.9. The molecule has 1 saturated heterocycles. The zero-order valence-electron chi connectivity index (χ0n) is 23.5. The number of nitrogens with zero attached hydrogens (tertiary/aromatic N) is 2. The van der Waals surface area contributed by atoms with Gasteiger partial charge in [0.15, 0.2) is 6.10 Å². The van der Waals surface area contributed by atoms with Gasteiger partial charge in [-0.2, -0.15) is 0 Å². The van der Waals surface area contributed by atoms with E-state index in [0.717, 1.165) is 0 Å². The first-order valence-corrected chi connectivity index (χ1v) is 13.6. The number of benzene rings is 2. The summed E-state index contributed by atoms with van der Waals surface area (Å²) in [6.07, 6.45) is 0.0144. The third kappa shape index (κ3) is 7.64. The van der Waals surface area contributed by atoms with Gasteiger partial charge >= 0.3 is 12.1 Å². The van der Waals surface area contributed by atoms with E-state index in [-0.39, 0.29) is 25.3 Å². The Bertz CT molecular complexity index is 1350. The monoisotopic (exact) mass is 559 g/mol. The van der Waals surface area contributed by atoms with E-state index in [1.165, 1.54) is 22.8 Å². The molecule has 8 nitrogen and oxygen atoms in total. The lowest BCUT2D eigenvalue weighted by atomic mass is 9.98. The SMILES string of the molecule is CC.CCC.Cn1c(-c2ccccc2C(C)(F)P)cc2ccc(N3C[C@H](COC(=O)CN)OC3=O)cc2c1=O. The third-order valence-electron chi connectivity index (χ3n) is 5.74. The van der Waals surface area contributed by atoms with Gasteiger partial charge < -0.3 is 19.8 Å². The Morgan fingerprint density at radius 3 is 2.44 bits per heavy atom. The molecule has 2 N–H and O–H groups in total. The number of rotatable bonds is 6. The molecule has 2 aromatic carbocycles. The number of carbonyl (C=O) groups is 2. The van der Waals surface area contributed by atoms with Gasteiger partial charge in [0.2, 0.25) is 0 Å². The fourth-order valence-corrected chi connectivity index (χ4v) is 4.26. The van der Waals surface area contributed by atoms with Crippen molar-refractivity contribution >= 4 is 37.8 Å². The Balaban J connectivity index is 0.000000998. The molecule has 1 fully saturated rings. The van der Waals surface area contributed by atoms with Crippen molar-refractivity contribution < 1.29 is 23.5 Å². The maximum absolute atomic E-state index is 14.8. The number of cyclic esters (lactones) is 1. The first-order chi connectivity index (χ1) is 18.5. The summed E-state index contributed by atoms with van der Waals surface area (Å²) in [7, 11) is 3.82. The minimum absolute atomic E-state index is 0.0976. The molecule has 0 radical (unpaired) electrons. The Labute approximate surface area is 231 Å². The van der Waals surface area contributed by atoms with Crippen LogP contribution in [-0.2, 0) is 26.7 Å². The second-order valence-corrected chi connectivity index (χ2v) is 10.1. The van der Waals surface area contributed by atoms with Gasteiger partial charge in [-0.1, -0.05) is 73.7 Å². The quantitative estimate of drug-likeness (QED) is 0.316. The molecule has 0 spiro atoms. The molecule has 3 aromatic rings. The third-order valence-corrected chi connectivity index (χ3v) is 6.05. The van der Waals surface area contributed by atoms with E-state index in [1.54, 1.807) is 49.5 Å². The van der Waals surface area contributed by atoms with Crippen LogP contribution < -0.4 is 16.2 Å². The number of esters is 1. The number of anilines is 1. The van der Waals surface area contributed by atoms with Gasteiger partial charge in [0.25, 0.3) is 5.56 Å². The minimum atomic E-state index is -1.67. The number of hydrogen-bond acceptors (Lipinski definition) is 6. The average Bonchev–Trinajstić information content (AvgIpc) is 3.30. The number of pyridine rings is 1. The highest BCUT2D eigenvalue weighted by Crippen LogP contribution is 2.39. The lowest BCUT2D eigenvalue weighted by Gasteiger charge is -2.21. The fraction of sp³-hybridized carbons (Fsp3) is 0.414. The average molecular weight is 560 g/mol. The highest BCUT2D eigenvalue weighted by molar-refractivity contribution is 7.18. The highest BCUT2D eigenvalue weighted by atomic mass is 31.0. The van der Waals surface area contributed by atoms with Crippen LogP contribution in [0.3, 0.4) is 0 Å². The van der Waals surface area contributed by atoms with E-state index in [9.17, 15) is 18.8 Å². The molecule has 1 amide bonds. The molecule has 2 heterocycles. The number of amides is 1. The molecule has 0 bridgehead atoms. The fourth-order valence-electron chi connectivity index (χ4n) is 4.01. The number of fused-ring (bicyclic) bond motifs is 1. The maximum atomic E-state index is 14.8. The largest absolute Gasteiger partial charge is 0.461 e. The van der Waals surface area contributed by atoms with Crippen molar-refractivity contribution in [1.82, 2.24) is 4.57 Å². The van der Waals surface area contributed by atoms with Crippen LogP contribution in [0.4, 0.5) is 14.9 Å². The smallest absolute Gasteiger partial charge is 0.414 e. The minimum Gasteiger partial charge on any atom is -0.461 e. The van der Waals surface area contributed by atoms with Gasteiger partial charge in [0.1, 0.15) is 12.0 Å². The summed E-state index contributed by atoms with van der Waals surface area (Å²) in [6.45, 7) is 9.50. The van der Waals surface area contributed by atoms with Gasteiger partial charge in [-0.05, 0) is 30.5 Å². The van der Waals surface area contributed by atoms with Crippen molar-refractivity contribution in [3.8, 4) is 11.3 Å². The summed E-state index contributed by atoms with van der Waals surface area (Å²) >= 11 is 0. The standard InChI is InChI=1S/C24H25FN3O5P.C3H8.C2H6/c1-24(25,34)19-6-4-3-5-17(19)20-9-14-7-8-15(10-18(14)22(30)27(20)2)28-12-16(33-23(28)31)13-32-21(29)11-26;1-3-2;1-2/h3-10,16H,11-13,26,34H2,1-2H3;3H2,1-2H3;1-2H3/t16-,24?;;/m1../s1. The molecule has 10 heteroatoms. The topological polar surface area (TPSA) is 104 Å². The summed E-state index contributed by atoms with van der Waals surface area (Å²) in [5.74, 6) is -0.587. The number of halogens is 1. The van der Waals surface area contributed by atoms with Crippen LogP contribution in [0, 0.1) is 0 Å². The van der Waals surface area contributed by atoms with Gasteiger partial charge in [-0.15, -0.1) is 0 Å². The molecule has 39 heavy (non-hydrogen) atoms. The second kappa shape index (κ2) is 14.2. The predicted molar refractivity (Wildman–Crippen MR) is 158 cm³/mol. The van der Waals surface area contributed by atoms with E-state index in [1.807, 2.05) is 19.9 Å². The van der Waals surface area contributed by atoms with Crippen LogP contribution in [0.1, 0.15) is 46.6 Å². The molecule has 0 aliphatic carbocycles. The lowest BCUT2D eigenvalue weighted by molar-refractivity contribution is -0.144. The molecule has 1 aromatic heterocycles. The molecule has 3 atom stereocenters. The van der Waals surface area contributed by atoms with E-state index < -0.39 is 23.6 Å². The van der Waals surface area contributed by atoms with Crippen LogP contribution in [0.15, 0.2) is 53.3 Å². The summed E-state index contributed by atoms with van der Waals surface area (Å²) in [5.41, 5.74) is 7.06. The van der Waals surface area contributed by atoms with Crippen LogP contribution in [0.5, 0.6) is 0 Å². The van der Waals surface area contributed by atoms with Gasteiger partial charge in [-0.25, -0.2) is 9.18 Å². The van der Waals surface area contributed by atoms with Crippen LogP contribution in [-0.4, -0.2) is 42.4 Å². The van der Waals surface area contributed by atoms with Gasteiger partial charge in [0, 0.05) is 29.2 Å². The van der Waals surface area contributed by atoms with Crippen molar-refractivity contribution in [2.24, 2.45) is 12.8 Å². The van der Waals surface area contributed by atoms with Crippen molar-refractivity contribution in [1.29, 1.82) is 0 Å². The van der Waals surface area contributed by atoms with Crippen LogP contribution in [0.25, 0.3) is 22.0 Å². The van der Waals surface area contributed by atoms with E-state index in [2.05, 4.69) is 23.1 Å². The number of alkyl halides is 1. The Morgan fingerprint density at radius 2 is 1.82 bits per heavy atom. The predicted octanol–water partition coefficient (Wildman–Crippen LogP) is 5.49. The molecule has 0 saturated carbocycles. The van der Waals surface area contributed by atoms with Crippen molar-refractivity contribution in [3.05, 3.63) is 64.4 Å². The number of ether oxygens (including phenoxy) is 2. The Kier molecular flexibility index (Phi) is 11.6. The van der Waals surface area contributed by atoms with E-state index in [0.29, 0.717) is 33.3 Å². The summed E-state index contributed by atoms with van der Waals surface area (Å²) in [6, 6.07) is 13.9. The zero-order valence-corrected chi connectivity index (χ0v) is 24.6. The van der Waals surface area contributed by atoms with E-state index >= 15 is 0 Å². The number of carbonyl (C=O) groups excluding carboxylic acids is 2. The van der Waals surface area contributed by atoms with Crippen molar-refractivity contribution in [2.45, 2.75) is 52.6 Å². The molecule has 2 unspecified atom stereocenters. The molecule has 4 rings (SSSR count). The molecule has 212 valence electrons. The lowest BCUT2D eigenvalue weighted by Crippen LogP contribution is -2.28. The van der Waals surface area contributed by atoms with Crippen LogP contribution in [0.2, 0.25) is 0 Å². The highest BCUT2D eigenvalue weighted by Gasteiger charge is 2.33. The number of hydrogen-bond donors (Lipinski definition) is 1. The second-order valence-electron chi connectivity index (χ2n) is 9.00. The van der Waals surface area contributed by atoms with Crippen molar-refractivity contribution in [3.63, 3.8) is 0 Å². The molecule has 1 aliphatic heterocycles. The van der Waals surface area contributed by atoms with Gasteiger partial charge in [-0.3, -0.25) is 14.5 Å². The normalized spacial score (nSPS) is 15.9. The molecule has 1 aliphatic rings. The number of nitrogens with two attached hydrogens (primary N) is 1. The number of aromatic nitrogens is 1. The van der Waals surface area contributed by atoms with Gasteiger partial charge in [0.05, 0.1) is 18.8 Å². The summed E-state index contributed by atoms with van der Waals surface area (Å²) < 4.78 is 26.5. The van der Waals surface area contributed by atoms with Crippen LogP contribution >= 0.6 is 9.24 Å². The maximum Gasteiger partial charge on any atom is 0.414 e. The summed E-state index contributed by atoms with van der Waals surface area (Å²) in [4.78, 5) is 38.3. The Morgan fingerprint density at radius 1 is 1.18 bits per heavy atom. The van der Waals surface area contributed by atoms with E-state index in [4.69, 9.17) is 15.2 Å². The first-order valence-electron chi connectivity index (χ1n) is 13.1. The zero-order chi connectivity index (χ0) is 29.3.